The first-order valence-electron chi connectivity index (χ1n) is 7.32. The molecule has 20 heavy (non-hydrogen) atoms. The Bertz CT molecular complexity index is 635. The highest BCUT2D eigenvalue weighted by molar-refractivity contribution is 5.42. The molecule has 0 spiro atoms. The van der Waals surface area contributed by atoms with Crippen LogP contribution >= 0.6 is 0 Å². The average molecular weight is 271 g/mol. The van der Waals surface area contributed by atoms with E-state index in [1.807, 2.05) is 19.1 Å². The summed E-state index contributed by atoms with van der Waals surface area (Å²) in [6.45, 7) is 4.17. The molecule has 0 amide bonds. The summed E-state index contributed by atoms with van der Waals surface area (Å²) < 4.78 is 1.77. The first-order valence-corrected chi connectivity index (χ1v) is 7.32. The number of aryl methyl sites for hydroxylation is 1. The van der Waals surface area contributed by atoms with Gasteiger partial charge in [0.2, 0.25) is 0 Å². The lowest BCUT2D eigenvalue weighted by Gasteiger charge is -2.23. The van der Waals surface area contributed by atoms with E-state index in [2.05, 4.69) is 22.4 Å². The fourth-order valence-corrected chi connectivity index (χ4v) is 3.05. The molecule has 2 N–H and O–H groups in total. The van der Waals surface area contributed by atoms with Crippen molar-refractivity contribution >= 4 is 0 Å². The number of aromatic nitrogens is 2. The molecular formula is C16H21N3O. The van der Waals surface area contributed by atoms with Gasteiger partial charge in [0.1, 0.15) is 0 Å². The molecule has 0 bridgehead atoms. The van der Waals surface area contributed by atoms with Crippen LogP contribution in [0.2, 0.25) is 0 Å². The number of aromatic amines is 1. The van der Waals surface area contributed by atoms with Gasteiger partial charge in [-0.05, 0) is 56.8 Å². The Balaban J connectivity index is 1.94. The van der Waals surface area contributed by atoms with E-state index in [1.54, 1.807) is 10.8 Å². The lowest BCUT2D eigenvalue weighted by atomic mass is 9.90. The van der Waals surface area contributed by atoms with Crippen molar-refractivity contribution in [3.63, 3.8) is 0 Å². The van der Waals surface area contributed by atoms with Crippen LogP contribution in [0.15, 0.2) is 35.3 Å². The van der Waals surface area contributed by atoms with Crippen molar-refractivity contribution in [3.05, 3.63) is 52.2 Å². The number of hydrogen-bond donors (Lipinski definition) is 2. The summed E-state index contributed by atoms with van der Waals surface area (Å²) in [6, 6.07) is 8.25. The lowest BCUT2D eigenvalue weighted by molar-refractivity contribution is 0.372. The standard InChI is InChI=1S/C16H21N3O/c1-12-11-18-16(20)19(12)15-5-3-2-4-14(15)10-13-6-8-17-9-7-13/h2-5,11,13,17H,6-10H2,1H3,(H,18,20). The smallest absolute Gasteiger partial charge is 0.317 e. The van der Waals surface area contributed by atoms with Gasteiger partial charge in [-0.25, -0.2) is 4.79 Å². The average Bonchev–Trinajstić information content (AvgIpc) is 2.80. The summed E-state index contributed by atoms with van der Waals surface area (Å²) in [5, 5.41) is 3.40. The van der Waals surface area contributed by atoms with E-state index in [4.69, 9.17) is 0 Å². The minimum atomic E-state index is -0.0553. The maximum Gasteiger partial charge on any atom is 0.330 e. The number of benzene rings is 1. The van der Waals surface area contributed by atoms with Crippen LogP contribution in [0.25, 0.3) is 5.69 Å². The molecule has 4 heteroatoms. The van der Waals surface area contributed by atoms with Crippen LogP contribution in [0.4, 0.5) is 0 Å². The Morgan fingerprint density at radius 1 is 1.25 bits per heavy atom. The molecule has 106 valence electrons. The second-order valence-corrected chi connectivity index (χ2v) is 5.60. The van der Waals surface area contributed by atoms with Gasteiger partial charge in [0.15, 0.2) is 0 Å². The molecule has 2 heterocycles. The number of H-pyrrole nitrogens is 1. The predicted octanol–water partition coefficient (Wildman–Crippen LogP) is 2.02. The van der Waals surface area contributed by atoms with Crippen molar-refractivity contribution in [2.45, 2.75) is 26.2 Å². The van der Waals surface area contributed by atoms with E-state index in [1.165, 1.54) is 18.4 Å². The van der Waals surface area contributed by atoms with Gasteiger partial charge in [0, 0.05) is 11.9 Å². The van der Waals surface area contributed by atoms with Gasteiger partial charge in [-0.2, -0.15) is 0 Å². The summed E-state index contributed by atoms with van der Waals surface area (Å²) in [4.78, 5) is 14.7. The number of rotatable bonds is 3. The Hall–Kier alpha value is -1.81. The summed E-state index contributed by atoms with van der Waals surface area (Å²) >= 11 is 0. The monoisotopic (exact) mass is 271 g/mol. The van der Waals surface area contributed by atoms with Crippen LogP contribution in [0.5, 0.6) is 0 Å². The molecular weight excluding hydrogens is 250 g/mol. The predicted molar refractivity (Wildman–Crippen MR) is 80.4 cm³/mol. The zero-order chi connectivity index (χ0) is 13.9. The van der Waals surface area contributed by atoms with E-state index in [0.29, 0.717) is 5.92 Å². The van der Waals surface area contributed by atoms with E-state index < -0.39 is 0 Å². The molecule has 0 unspecified atom stereocenters. The normalized spacial score (nSPS) is 16.4. The molecule has 1 fully saturated rings. The lowest BCUT2D eigenvalue weighted by Crippen LogP contribution is -2.29. The number of nitrogens with zero attached hydrogens (tertiary/aromatic N) is 1. The number of para-hydroxylation sites is 1. The topological polar surface area (TPSA) is 49.8 Å². The van der Waals surface area contributed by atoms with Crippen LogP contribution in [0.1, 0.15) is 24.1 Å². The van der Waals surface area contributed by atoms with E-state index >= 15 is 0 Å². The quantitative estimate of drug-likeness (QED) is 0.897. The first-order chi connectivity index (χ1) is 9.75. The third kappa shape index (κ3) is 2.56. The fraction of sp³-hybridized carbons (Fsp3) is 0.438. The first kappa shape index (κ1) is 13.2. The third-order valence-electron chi connectivity index (χ3n) is 4.16. The molecule has 0 saturated carbocycles. The van der Waals surface area contributed by atoms with Gasteiger partial charge < -0.3 is 10.3 Å². The molecule has 0 atom stereocenters. The molecule has 4 nitrogen and oxygen atoms in total. The summed E-state index contributed by atoms with van der Waals surface area (Å²) in [7, 11) is 0. The Labute approximate surface area is 118 Å². The van der Waals surface area contributed by atoms with E-state index in [9.17, 15) is 4.79 Å². The molecule has 1 aliphatic rings. The van der Waals surface area contributed by atoms with Crippen LogP contribution in [-0.2, 0) is 6.42 Å². The minimum absolute atomic E-state index is 0.0553. The summed E-state index contributed by atoms with van der Waals surface area (Å²) in [5.41, 5.74) is 3.19. The van der Waals surface area contributed by atoms with Crippen LogP contribution < -0.4 is 11.0 Å². The van der Waals surface area contributed by atoms with E-state index in [0.717, 1.165) is 30.9 Å². The van der Waals surface area contributed by atoms with Crippen molar-refractivity contribution in [1.82, 2.24) is 14.9 Å². The van der Waals surface area contributed by atoms with Gasteiger partial charge >= 0.3 is 5.69 Å². The Morgan fingerprint density at radius 3 is 2.70 bits per heavy atom. The SMILES string of the molecule is Cc1c[nH]c(=O)n1-c1ccccc1CC1CCNCC1. The largest absolute Gasteiger partial charge is 0.330 e. The maximum atomic E-state index is 12.0. The van der Waals surface area contributed by atoms with Crippen LogP contribution in [0, 0.1) is 12.8 Å². The zero-order valence-electron chi connectivity index (χ0n) is 11.9. The summed E-state index contributed by atoms with van der Waals surface area (Å²) in [6.07, 6.45) is 5.25. The van der Waals surface area contributed by atoms with Gasteiger partial charge in [0.25, 0.3) is 0 Å². The second-order valence-electron chi connectivity index (χ2n) is 5.60. The van der Waals surface area contributed by atoms with E-state index in [-0.39, 0.29) is 5.69 Å². The molecule has 1 aliphatic heterocycles. The highest BCUT2D eigenvalue weighted by Crippen LogP contribution is 2.22. The number of piperidine rings is 1. The van der Waals surface area contributed by atoms with Gasteiger partial charge in [0.05, 0.1) is 5.69 Å². The van der Waals surface area contributed by atoms with Crippen molar-refractivity contribution in [2.75, 3.05) is 13.1 Å². The zero-order valence-corrected chi connectivity index (χ0v) is 11.9. The van der Waals surface area contributed by atoms with Crippen molar-refractivity contribution in [2.24, 2.45) is 5.92 Å². The summed E-state index contributed by atoms with van der Waals surface area (Å²) in [5.74, 6) is 0.715. The van der Waals surface area contributed by atoms with Crippen LogP contribution in [-0.4, -0.2) is 22.6 Å². The third-order valence-corrected chi connectivity index (χ3v) is 4.16. The molecule has 3 rings (SSSR count). The van der Waals surface area contributed by atoms with Crippen molar-refractivity contribution in [1.29, 1.82) is 0 Å². The van der Waals surface area contributed by atoms with Gasteiger partial charge in [-0.3, -0.25) is 4.57 Å². The molecule has 2 aromatic rings. The number of hydrogen-bond acceptors (Lipinski definition) is 2. The fourth-order valence-electron chi connectivity index (χ4n) is 3.05. The molecule has 1 saturated heterocycles. The second kappa shape index (κ2) is 5.67. The van der Waals surface area contributed by atoms with Crippen LogP contribution in [0.3, 0.4) is 0 Å². The maximum absolute atomic E-state index is 12.0. The highest BCUT2D eigenvalue weighted by atomic mass is 16.1. The Kier molecular flexibility index (Phi) is 3.74. The molecule has 1 aromatic carbocycles. The number of imidazole rings is 1. The highest BCUT2D eigenvalue weighted by Gasteiger charge is 2.16. The molecule has 1 aromatic heterocycles. The van der Waals surface area contributed by atoms with Gasteiger partial charge in [-0.15, -0.1) is 0 Å². The van der Waals surface area contributed by atoms with Crippen molar-refractivity contribution in [3.8, 4) is 5.69 Å². The molecule has 0 aliphatic carbocycles. The van der Waals surface area contributed by atoms with Gasteiger partial charge in [-0.1, -0.05) is 18.2 Å². The Morgan fingerprint density at radius 2 is 2.00 bits per heavy atom. The minimum Gasteiger partial charge on any atom is -0.317 e. The number of nitrogens with one attached hydrogen (secondary N) is 2. The molecule has 0 radical (unpaired) electrons. The van der Waals surface area contributed by atoms with Crippen molar-refractivity contribution < 1.29 is 0 Å².